The van der Waals surface area contributed by atoms with Crippen molar-refractivity contribution in [2.45, 2.75) is 31.4 Å². The minimum absolute atomic E-state index is 0.128. The summed E-state index contributed by atoms with van der Waals surface area (Å²) in [6, 6.07) is 0. The van der Waals surface area contributed by atoms with Crippen LogP contribution in [-0.2, 0) is 9.53 Å². The summed E-state index contributed by atoms with van der Waals surface area (Å²) < 4.78 is 5.34. The van der Waals surface area contributed by atoms with Gasteiger partial charge in [0.25, 0.3) is 0 Å². The smallest absolute Gasteiger partial charge is 0.324 e. The number of carboxylic acid groups (broad SMARTS) is 1. The van der Waals surface area contributed by atoms with E-state index in [-0.39, 0.29) is 6.10 Å². The van der Waals surface area contributed by atoms with Crippen molar-refractivity contribution in [3.8, 4) is 0 Å². The fourth-order valence-electron chi connectivity index (χ4n) is 1.78. The maximum atomic E-state index is 11.0. The molecule has 4 nitrogen and oxygen atoms in total. The molecule has 0 atom stereocenters. The summed E-state index contributed by atoms with van der Waals surface area (Å²) in [6.45, 7) is 2.59. The number of carbonyl (C=O) groups is 1. The second kappa shape index (κ2) is 3.64. The summed E-state index contributed by atoms with van der Waals surface area (Å²) in [4.78, 5) is 12.8. The quantitative estimate of drug-likeness (QED) is 0.699. The Labute approximate surface area is 78.5 Å². The minimum atomic E-state index is -0.742. The molecule has 0 unspecified atom stereocenters. The number of nitrogens with zero attached hydrogens (tertiary/aromatic N) is 1. The Kier molecular flexibility index (Phi) is 2.93. The van der Waals surface area contributed by atoms with Crippen LogP contribution in [0.1, 0.15) is 19.8 Å². The molecule has 0 aromatic carbocycles. The van der Waals surface area contributed by atoms with Crippen LogP contribution >= 0.6 is 0 Å². The van der Waals surface area contributed by atoms with Gasteiger partial charge in [-0.25, -0.2) is 0 Å². The molecular weight excluding hydrogens is 170 g/mol. The Morgan fingerprint density at radius 2 is 2.15 bits per heavy atom. The van der Waals surface area contributed by atoms with Crippen molar-refractivity contribution < 1.29 is 14.6 Å². The van der Waals surface area contributed by atoms with Gasteiger partial charge < -0.3 is 9.84 Å². The fourth-order valence-corrected chi connectivity index (χ4v) is 1.78. The zero-order chi connectivity index (χ0) is 10.1. The molecule has 0 spiro atoms. The van der Waals surface area contributed by atoms with Crippen molar-refractivity contribution in [1.29, 1.82) is 0 Å². The van der Waals surface area contributed by atoms with E-state index in [4.69, 9.17) is 9.84 Å². The molecule has 0 aromatic rings. The predicted molar refractivity (Wildman–Crippen MR) is 48.7 cm³/mol. The van der Waals surface area contributed by atoms with Gasteiger partial charge in [0.15, 0.2) is 0 Å². The minimum Gasteiger partial charge on any atom is -0.480 e. The molecule has 0 heterocycles. The molecule has 0 amide bonds. The number of ether oxygens (including phenoxy) is 1. The van der Waals surface area contributed by atoms with E-state index in [0.717, 1.165) is 0 Å². The van der Waals surface area contributed by atoms with Gasteiger partial charge in [-0.3, -0.25) is 9.69 Å². The summed E-state index contributed by atoms with van der Waals surface area (Å²) in [5, 5.41) is 9.04. The monoisotopic (exact) mass is 187 g/mol. The molecule has 1 aliphatic carbocycles. The number of likely N-dealkylation sites (N-methyl/N-ethyl adjacent to an activating group) is 1. The first-order chi connectivity index (χ1) is 6.03. The predicted octanol–water partition coefficient (Wildman–Crippen LogP) is 0.570. The van der Waals surface area contributed by atoms with E-state index in [1.165, 1.54) is 0 Å². The van der Waals surface area contributed by atoms with Gasteiger partial charge in [-0.1, -0.05) is 0 Å². The molecule has 0 bridgehead atoms. The SMILES string of the molecule is CCOC1CC(C(=O)O)(N(C)C)C1. The average molecular weight is 187 g/mol. The topological polar surface area (TPSA) is 49.8 Å². The highest BCUT2D eigenvalue weighted by Gasteiger charge is 2.52. The highest BCUT2D eigenvalue weighted by molar-refractivity contribution is 5.80. The summed E-state index contributed by atoms with van der Waals surface area (Å²) in [5.41, 5.74) is -0.681. The second-order valence-electron chi connectivity index (χ2n) is 3.72. The van der Waals surface area contributed by atoms with Gasteiger partial charge in [0, 0.05) is 19.4 Å². The Hall–Kier alpha value is -0.610. The van der Waals surface area contributed by atoms with Crippen LogP contribution in [0, 0.1) is 0 Å². The second-order valence-corrected chi connectivity index (χ2v) is 3.72. The summed E-state index contributed by atoms with van der Waals surface area (Å²) >= 11 is 0. The summed E-state index contributed by atoms with van der Waals surface area (Å²) in [6.07, 6.45) is 1.33. The van der Waals surface area contributed by atoms with E-state index >= 15 is 0 Å². The Balaban J connectivity index is 2.53. The fraction of sp³-hybridized carbons (Fsp3) is 0.889. The highest BCUT2D eigenvalue weighted by Crippen LogP contribution is 2.38. The largest absolute Gasteiger partial charge is 0.480 e. The van der Waals surface area contributed by atoms with Crippen molar-refractivity contribution in [2.24, 2.45) is 0 Å². The molecule has 13 heavy (non-hydrogen) atoms. The Morgan fingerprint density at radius 3 is 2.46 bits per heavy atom. The van der Waals surface area contributed by atoms with Crippen LogP contribution in [0.25, 0.3) is 0 Å². The zero-order valence-electron chi connectivity index (χ0n) is 8.41. The molecule has 4 heteroatoms. The highest BCUT2D eigenvalue weighted by atomic mass is 16.5. The zero-order valence-corrected chi connectivity index (χ0v) is 8.41. The molecule has 1 saturated carbocycles. The maximum Gasteiger partial charge on any atom is 0.324 e. The van der Waals surface area contributed by atoms with E-state index in [2.05, 4.69) is 0 Å². The van der Waals surface area contributed by atoms with E-state index in [0.29, 0.717) is 19.4 Å². The first kappa shape index (κ1) is 10.5. The lowest BCUT2D eigenvalue weighted by Crippen LogP contribution is -2.62. The van der Waals surface area contributed by atoms with Gasteiger partial charge in [-0.2, -0.15) is 0 Å². The van der Waals surface area contributed by atoms with Gasteiger partial charge in [0.05, 0.1) is 6.10 Å². The molecule has 1 N–H and O–H groups in total. The van der Waals surface area contributed by atoms with Crippen molar-refractivity contribution in [1.82, 2.24) is 4.90 Å². The van der Waals surface area contributed by atoms with Crippen molar-refractivity contribution >= 4 is 5.97 Å². The number of rotatable bonds is 4. The number of hydrogen-bond donors (Lipinski definition) is 1. The number of aliphatic carboxylic acids is 1. The van der Waals surface area contributed by atoms with Crippen LogP contribution < -0.4 is 0 Å². The number of hydrogen-bond acceptors (Lipinski definition) is 3. The molecule has 0 radical (unpaired) electrons. The van der Waals surface area contributed by atoms with Crippen LogP contribution in [0.4, 0.5) is 0 Å². The molecule has 0 saturated heterocycles. The van der Waals surface area contributed by atoms with Gasteiger partial charge in [0.2, 0.25) is 0 Å². The Morgan fingerprint density at radius 1 is 1.62 bits per heavy atom. The first-order valence-corrected chi connectivity index (χ1v) is 4.55. The van der Waals surface area contributed by atoms with Crippen LogP contribution in [0.15, 0.2) is 0 Å². The van der Waals surface area contributed by atoms with Crippen LogP contribution in [0.5, 0.6) is 0 Å². The third-order valence-corrected chi connectivity index (χ3v) is 2.79. The van der Waals surface area contributed by atoms with Gasteiger partial charge in [-0.05, 0) is 21.0 Å². The van der Waals surface area contributed by atoms with E-state index in [1.807, 2.05) is 6.92 Å². The van der Waals surface area contributed by atoms with Gasteiger partial charge in [0.1, 0.15) is 5.54 Å². The van der Waals surface area contributed by atoms with Crippen LogP contribution in [0.3, 0.4) is 0 Å². The van der Waals surface area contributed by atoms with Gasteiger partial charge >= 0.3 is 5.97 Å². The summed E-state index contributed by atoms with van der Waals surface area (Å²) in [7, 11) is 3.60. The van der Waals surface area contributed by atoms with E-state index in [1.54, 1.807) is 19.0 Å². The Bertz CT molecular complexity index is 197. The van der Waals surface area contributed by atoms with E-state index in [9.17, 15) is 4.79 Å². The lowest BCUT2D eigenvalue weighted by atomic mass is 9.73. The van der Waals surface area contributed by atoms with Crippen molar-refractivity contribution in [2.75, 3.05) is 20.7 Å². The van der Waals surface area contributed by atoms with Crippen molar-refractivity contribution in [3.63, 3.8) is 0 Å². The molecular formula is C9H17NO3. The van der Waals surface area contributed by atoms with E-state index < -0.39 is 11.5 Å². The molecule has 0 aromatic heterocycles. The first-order valence-electron chi connectivity index (χ1n) is 4.55. The van der Waals surface area contributed by atoms with Crippen LogP contribution in [0.2, 0.25) is 0 Å². The average Bonchev–Trinajstić information content (AvgIpc) is 1.93. The van der Waals surface area contributed by atoms with Crippen molar-refractivity contribution in [3.05, 3.63) is 0 Å². The third kappa shape index (κ3) is 1.69. The molecule has 1 aliphatic rings. The maximum absolute atomic E-state index is 11.0. The standard InChI is InChI=1S/C9H17NO3/c1-4-13-7-5-9(6-7,8(11)12)10(2)3/h7H,4-6H2,1-3H3,(H,11,12). The molecule has 76 valence electrons. The lowest BCUT2D eigenvalue weighted by molar-refractivity contribution is -0.168. The molecule has 0 aliphatic heterocycles. The van der Waals surface area contributed by atoms with Crippen LogP contribution in [-0.4, -0.2) is 48.3 Å². The number of carboxylic acids is 1. The summed E-state index contributed by atoms with van der Waals surface area (Å²) in [5.74, 6) is -0.742. The lowest BCUT2D eigenvalue weighted by Gasteiger charge is -2.48. The third-order valence-electron chi connectivity index (χ3n) is 2.79. The van der Waals surface area contributed by atoms with Gasteiger partial charge in [-0.15, -0.1) is 0 Å². The molecule has 1 rings (SSSR count). The molecule has 1 fully saturated rings. The normalized spacial score (nSPS) is 33.1.